The van der Waals surface area contributed by atoms with Gasteiger partial charge in [0.1, 0.15) is 11.4 Å². The molecular weight excluding hydrogens is 422 g/mol. The normalized spacial score (nSPS) is 17.2. The molecule has 0 unspecified atom stereocenters. The van der Waals surface area contributed by atoms with Crippen molar-refractivity contribution in [1.82, 2.24) is 4.72 Å². The molecular formula is C21H39N3O6S. The fourth-order valence-electron chi connectivity index (χ4n) is 3.60. The molecule has 1 fully saturated rings. The van der Waals surface area contributed by atoms with Gasteiger partial charge in [0, 0.05) is 13.0 Å². The number of rotatable bonds is 12. The quantitative estimate of drug-likeness (QED) is 0.150. The number of oxime groups is 1. The predicted molar refractivity (Wildman–Crippen MR) is 120 cm³/mol. The van der Waals surface area contributed by atoms with Crippen LogP contribution in [0.25, 0.3) is 0 Å². The average Bonchev–Trinajstić information content (AvgIpc) is 2.63. The van der Waals surface area contributed by atoms with E-state index < -0.39 is 33.5 Å². The van der Waals surface area contributed by atoms with Crippen molar-refractivity contribution >= 4 is 27.8 Å². The van der Waals surface area contributed by atoms with E-state index in [1.165, 1.54) is 32.1 Å². The molecule has 0 amide bonds. The Hall–Kier alpha value is -1.68. The molecule has 0 aliphatic heterocycles. The first kappa shape index (κ1) is 27.4. The predicted octanol–water partition coefficient (Wildman–Crippen LogP) is 2.84. The van der Waals surface area contributed by atoms with E-state index in [4.69, 9.17) is 15.3 Å². The summed E-state index contributed by atoms with van der Waals surface area (Å²) in [6, 6.07) is 0. The molecule has 0 aromatic carbocycles. The fourth-order valence-corrected chi connectivity index (χ4v) is 4.08. The van der Waals surface area contributed by atoms with Crippen molar-refractivity contribution in [1.29, 1.82) is 0 Å². The summed E-state index contributed by atoms with van der Waals surface area (Å²) in [6.45, 7) is 5.37. The standard InChI is InChI=1S/C21H39N3O6S/c1-21(2,3)29-19(25)15-17(12-8-11-16-9-6-5-7-10-16)20(26)30-24-18(22)13-14-23-31(4,27)28/h16-17,23H,5-15H2,1-4H3,(H2,22,24)/t17-/m1/s1. The van der Waals surface area contributed by atoms with Gasteiger partial charge in [0.05, 0.1) is 18.6 Å². The van der Waals surface area contributed by atoms with Gasteiger partial charge in [-0.05, 0) is 33.1 Å². The summed E-state index contributed by atoms with van der Waals surface area (Å²) in [5.41, 5.74) is 5.04. The minimum absolute atomic E-state index is 0.0114. The molecule has 1 rings (SSSR count). The highest BCUT2D eigenvalue weighted by molar-refractivity contribution is 7.88. The van der Waals surface area contributed by atoms with Crippen LogP contribution in [0, 0.1) is 11.8 Å². The van der Waals surface area contributed by atoms with Gasteiger partial charge >= 0.3 is 11.9 Å². The molecule has 9 nitrogen and oxygen atoms in total. The SMILES string of the molecule is CC(C)(C)OC(=O)C[C@@H](CCCC1CCCCC1)C(=O)O/N=C(\N)CCNS(C)(=O)=O. The first-order chi connectivity index (χ1) is 14.4. The lowest BCUT2D eigenvalue weighted by Crippen LogP contribution is -2.29. The minimum Gasteiger partial charge on any atom is -0.460 e. The van der Waals surface area contributed by atoms with E-state index in [1.54, 1.807) is 20.8 Å². The fraction of sp³-hybridized carbons (Fsp3) is 0.857. The van der Waals surface area contributed by atoms with Crippen LogP contribution in [0.1, 0.15) is 85.0 Å². The third kappa shape index (κ3) is 14.1. The molecule has 1 atom stereocenters. The van der Waals surface area contributed by atoms with Crippen LogP contribution in [0.4, 0.5) is 0 Å². The number of carbonyl (C=O) groups excluding carboxylic acids is 2. The van der Waals surface area contributed by atoms with Crippen LogP contribution in [0.5, 0.6) is 0 Å². The number of ether oxygens (including phenoxy) is 1. The maximum absolute atomic E-state index is 12.6. The molecule has 0 aromatic heterocycles. The Balaban J connectivity index is 2.61. The number of nitrogens with one attached hydrogen (secondary N) is 1. The number of nitrogens with zero attached hydrogens (tertiary/aromatic N) is 1. The highest BCUT2D eigenvalue weighted by atomic mass is 32.2. The van der Waals surface area contributed by atoms with Gasteiger partial charge in [0.15, 0.2) is 0 Å². The molecule has 10 heteroatoms. The molecule has 0 radical (unpaired) electrons. The Labute approximate surface area is 186 Å². The molecule has 0 spiro atoms. The molecule has 1 aliphatic rings. The molecule has 1 saturated carbocycles. The highest BCUT2D eigenvalue weighted by Crippen LogP contribution is 2.29. The number of hydrogen-bond donors (Lipinski definition) is 2. The average molecular weight is 462 g/mol. The maximum atomic E-state index is 12.6. The molecule has 0 heterocycles. The molecule has 3 N–H and O–H groups in total. The lowest BCUT2D eigenvalue weighted by atomic mass is 9.84. The van der Waals surface area contributed by atoms with E-state index in [0.717, 1.165) is 19.1 Å². The Morgan fingerprint density at radius 1 is 1.19 bits per heavy atom. The minimum atomic E-state index is -3.33. The summed E-state index contributed by atoms with van der Waals surface area (Å²) >= 11 is 0. The third-order valence-corrected chi connectivity index (χ3v) is 5.78. The summed E-state index contributed by atoms with van der Waals surface area (Å²) < 4.78 is 29.8. The van der Waals surface area contributed by atoms with Crippen LogP contribution in [0.2, 0.25) is 0 Å². The zero-order valence-corrected chi connectivity index (χ0v) is 20.1. The van der Waals surface area contributed by atoms with Crippen molar-refractivity contribution in [3.8, 4) is 0 Å². The second-order valence-corrected chi connectivity index (χ2v) is 11.2. The van der Waals surface area contributed by atoms with E-state index in [1.807, 2.05) is 0 Å². The smallest absolute Gasteiger partial charge is 0.338 e. The van der Waals surface area contributed by atoms with Crippen molar-refractivity contribution < 1.29 is 27.6 Å². The van der Waals surface area contributed by atoms with Crippen molar-refractivity contribution in [2.45, 2.75) is 90.6 Å². The molecule has 180 valence electrons. The summed E-state index contributed by atoms with van der Waals surface area (Å²) in [5.74, 6) is -1.08. The number of hydrogen-bond acceptors (Lipinski definition) is 7. The van der Waals surface area contributed by atoms with Crippen molar-refractivity contribution in [2.24, 2.45) is 22.7 Å². The second-order valence-electron chi connectivity index (χ2n) is 9.33. The topological polar surface area (TPSA) is 137 Å². The summed E-state index contributed by atoms with van der Waals surface area (Å²) in [6.07, 6.45) is 9.69. The van der Waals surface area contributed by atoms with Gasteiger partial charge in [0.2, 0.25) is 10.0 Å². The monoisotopic (exact) mass is 461 g/mol. The zero-order chi connectivity index (χ0) is 23.5. The van der Waals surface area contributed by atoms with E-state index in [0.29, 0.717) is 12.3 Å². The van der Waals surface area contributed by atoms with Gasteiger partial charge in [0.25, 0.3) is 0 Å². The van der Waals surface area contributed by atoms with Crippen molar-refractivity contribution in [3.63, 3.8) is 0 Å². The Bertz CT molecular complexity index is 709. The number of nitrogens with two attached hydrogens (primary N) is 1. The zero-order valence-electron chi connectivity index (χ0n) is 19.3. The Morgan fingerprint density at radius 3 is 2.42 bits per heavy atom. The van der Waals surface area contributed by atoms with E-state index in [9.17, 15) is 18.0 Å². The van der Waals surface area contributed by atoms with Crippen LogP contribution < -0.4 is 10.5 Å². The number of amidine groups is 1. The van der Waals surface area contributed by atoms with Crippen LogP contribution in [-0.4, -0.2) is 44.6 Å². The van der Waals surface area contributed by atoms with Gasteiger partial charge in [-0.1, -0.05) is 50.1 Å². The molecule has 31 heavy (non-hydrogen) atoms. The number of sulfonamides is 1. The van der Waals surface area contributed by atoms with Crippen LogP contribution >= 0.6 is 0 Å². The molecule has 1 aliphatic carbocycles. The van der Waals surface area contributed by atoms with Crippen LogP contribution in [0.15, 0.2) is 5.16 Å². The van der Waals surface area contributed by atoms with Gasteiger partial charge < -0.3 is 15.3 Å². The summed E-state index contributed by atoms with van der Waals surface area (Å²) in [5, 5.41) is 3.60. The lowest BCUT2D eigenvalue weighted by Gasteiger charge is -2.23. The van der Waals surface area contributed by atoms with Crippen molar-refractivity contribution in [3.05, 3.63) is 0 Å². The third-order valence-electron chi connectivity index (χ3n) is 5.05. The highest BCUT2D eigenvalue weighted by Gasteiger charge is 2.27. The molecule has 0 saturated heterocycles. The Morgan fingerprint density at radius 2 is 1.84 bits per heavy atom. The van der Waals surface area contributed by atoms with E-state index in [2.05, 4.69) is 9.88 Å². The van der Waals surface area contributed by atoms with Crippen molar-refractivity contribution in [2.75, 3.05) is 12.8 Å². The van der Waals surface area contributed by atoms with Gasteiger partial charge in [-0.15, -0.1) is 0 Å². The Kier molecular flexibility index (Phi) is 11.5. The van der Waals surface area contributed by atoms with E-state index in [-0.39, 0.29) is 25.2 Å². The van der Waals surface area contributed by atoms with Crippen LogP contribution in [0.3, 0.4) is 0 Å². The largest absolute Gasteiger partial charge is 0.460 e. The first-order valence-electron chi connectivity index (χ1n) is 11.1. The number of esters is 1. The van der Waals surface area contributed by atoms with Gasteiger partial charge in [-0.2, -0.15) is 0 Å². The lowest BCUT2D eigenvalue weighted by molar-refractivity contribution is -0.161. The molecule has 0 bridgehead atoms. The second kappa shape index (κ2) is 13.0. The van der Waals surface area contributed by atoms with Gasteiger partial charge in [-0.25, -0.2) is 17.9 Å². The van der Waals surface area contributed by atoms with Crippen LogP contribution in [-0.2, 0) is 29.2 Å². The molecule has 0 aromatic rings. The van der Waals surface area contributed by atoms with Gasteiger partial charge in [-0.3, -0.25) is 4.79 Å². The van der Waals surface area contributed by atoms with E-state index >= 15 is 0 Å². The maximum Gasteiger partial charge on any atom is 0.338 e. The first-order valence-corrected chi connectivity index (χ1v) is 12.9. The summed E-state index contributed by atoms with van der Waals surface area (Å²) in [4.78, 5) is 29.8. The number of carbonyl (C=O) groups is 2. The summed E-state index contributed by atoms with van der Waals surface area (Å²) in [7, 11) is -3.33.